The minimum absolute atomic E-state index is 0.388. The molecule has 0 amide bonds. The van der Waals surface area contributed by atoms with Gasteiger partial charge in [0.2, 0.25) is 16.0 Å². The number of hydrogen-bond donors (Lipinski definition) is 1. The summed E-state index contributed by atoms with van der Waals surface area (Å²) in [7, 11) is 5.66. The molecule has 12 heteroatoms. The van der Waals surface area contributed by atoms with Crippen molar-refractivity contribution in [1.82, 2.24) is 19.4 Å². The molecule has 1 saturated heterocycles. The minimum Gasteiger partial charge on any atom is -0.497 e. The summed E-state index contributed by atoms with van der Waals surface area (Å²) in [5.74, 6) is 1.89. The van der Waals surface area contributed by atoms with E-state index in [1.165, 1.54) is 10.6 Å². The summed E-state index contributed by atoms with van der Waals surface area (Å²) in [6, 6.07) is 14.0. The molecule has 0 spiro atoms. The Labute approximate surface area is 247 Å². The van der Waals surface area contributed by atoms with Gasteiger partial charge in [-0.3, -0.25) is 4.31 Å². The molecule has 2 aromatic heterocycles. The molecule has 11 nitrogen and oxygen atoms in total. The first-order valence-corrected chi connectivity index (χ1v) is 15.7. The second kappa shape index (κ2) is 12.1. The Kier molecular flexibility index (Phi) is 8.46. The Morgan fingerprint density at radius 2 is 1.79 bits per heavy atom. The van der Waals surface area contributed by atoms with Crippen LogP contribution in [0.2, 0.25) is 0 Å². The topological polar surface area (TPSA) is 105 Å². The van der Waals surface area contributed by atoms with Crippen molar-refractivity contribution in [2.45, 2.75) is 25.4 Å². The highest BCUT2D eigenvalue weighted by Gasteiger charge is 2.23. The highest BCUT2D eigenvalue weighted by molar-refractivity contribution is 7.92. The van der Waals surface area contributed by atoms with Gasteiger partial charge in [0.25, 0.3) is 0 Å². The highest BCUT2D eigenvalue weighted by Crippen LogP contribution is 2.34. The number of nitrogens with zero attached hydrogens (tertiary/aromatic N) is 6. The maximum atomic E-state index is 12.3. The van der Waals surface area contributed by atoms with Crippen LogP contribution < -0.4 is 24.0 Å². The number of benzene rings is 2. The molecular formula is C30H39N7O4S. The first kappa shape index (κ1) is 29.5. The van der Waals surface area contributed by atoms with Crippen LogP contribution in [0.15, 0.2) is 54.9 Å². The Balaban J connectivity index is 1.39. The summed E-state index contributed by atoms with van der Waals surface area (Å²) in [5.41, 5.74) is 3.98. The number of fused-ring (bicyclic) bond motifs is 1. The zero-order valence-electron chi connectivity index (χ0n) is 25.0. The average molecular weight is 594 g/mol. The number of ether oxygens (including phenoxy) is 2. The lowest BCUT2D eigenvalue weighted by Gasteiger charge is -2.37. The second-order valence-electron chi connectivity index (χ2n) is 10.8. The average Bonchev–Trinajstić information content (AvgIpc) is 3.38. The molecule has 1 aliphatic rings. The van der Waals surface area contributed by atoms with E-state index in [2.05, 4.69) is 40.3 Å². The molecule has 0 unspecified atom stereocenters. The standard InChI is InChI=1S/C30H39N7O4S/c1-34(2)24-12-15-36(16-13-24)27-9-7-23(18-28(27)41-5)32-30-31-19-21-11-14-37(29(21)33-30)20-22-17-25(40-4)8-10-26(22)35(3)42(6,38)39/h7-11,14,17-19,24H,12-13,15-16,20H2,1-6H3,(H,31,32,33). The number of methoxy groups -OCH3 is 2. The Bertz CT molecular complexity index is 1660. The van der Waals surface area contributed by atoms with Crippen molar-refractivity contribution in [2.24, 2.45) is 0 Å². The van der Waals surface area contributed by atoms with Gasteiger partial charge in [0, 0.05) is 55.7 Å². The maximum absolute atomic E-state index is 12.3. The van der Waals surface area contributed by atoms with Gasteiger partial charge in [-0.1, -0.05) is 0 Å². The van der Waals surface area contributed by atoms with Gasteiger partial charge in [-0.15, -0.1) is 0 Å². The summed E-state index contributed by atoms with van der Waals surface area (Å²) in [5, 5.41) is 4.19. The molecule has 5 rings (SSSR count). The van der Waals surface area contributed by atoms with Crippen LogP contribution in [-0.2, 0) is 16.6 Å². The molecular weight excluding hydrogens is 554 g/mol. The van der Waals surface area contributed by atoms with Gasteiger partial charge in [0.1, 0.15) is 17.1 Å². The molecule has 1 aliphatic heterocycles. The fourth-order valence-corrected chi connectivity index (χ4v) is 5.95. The largest absolute Gasteiger partial charge is 0.497 e. The van der Waals surface area contributed by atoms with E-state index in [1.807, 2.05) is 35.0 Å². The number of rotatable bonds is 10. The Morgan fingerprint density at radius 3 is 2.45 bits per heavy atom. The monoisotopic (exact) mass is 593 g/mol. The van der Waals surface area contributed by atoms with Gasteiger partial charge in [-0.25, -0.2) is 13.4 Å². The third kappa shape index (κ3) is 6.24. The normalized spacial score (nSPS) is 14.4. The maximum Gasteiger partial charge on any atom is 0.232 e. The van der Waals surface area contributed by atoms with Crippen LogP contribution in [0.4, 0.5) is 23.0 Å². The van der Waals surface area contributed by atoms with Crippen molar-refractivity contribution < 1.29 is 17.9 Å². The van der Waals surface area contributed by atoms with E-state index < -0.39 is 10.0 Å². The molecule has 42 heavy (non-hydrogen) atoms. The molecule has 0 saturated carbocycles. The molecule has 0 bridgehead atoms. The van der Waals surface area contributed by atoms with Crippen molar-refractivity contribution in [2.75, 3.05) is 69.2 Å². The van der Waals surface area contributed by atoms with E-state index in [4.69, 9.17) is 14.5 Å². The third-order valence-electron chi connectivity index (χ3n) is 7.94. The fourth-order valence-electron chi connectivity index (χ4n) is 5.41. The molecule has 0 atom stereocenters. The molecule has 0 aliphatic carbocycles. The van der Waals surface area contributed by atoms with Gasteiger partial charge < -0.3 is 29.2 Å². The van der Waals surface area contributed by atoms with Crippen LogP contribution in [0, 0.1) is 0 Å². The quantitative estimate of drug-likeness (QED) is 0.290. The van der Waals surface area contributed by atoms with Crippen molar-refractivity contribution >= 4 is 44.1 Å². The molecule has 4 aromatic rings. The first-order chi connectivity index (χ1) is 20.1. The smallest absolute Gasteiger partial charge is 0.232 e. The number of aromatic nitrogens is 3. The van der Waals surface area contributed by atoms with Gasteiger partial charge in [0.05, 0.1) is 38.4 Å². The summed E-state index contributed by atoms with van der Waals surface area (Å²) >= 11 is 0. The molecule has 3 heterocycles. The first-order valence-electron chi connectivity index (χ1n) is 13.9. The lowest BCUT2D eigenvalue weighted by molar-refractivity contribution is 0.249. The molecule has 1 fully saturated rings. The molecule has 0 radical (unpaired) electrons. The predicted octanol–water partition coefficient (Wildman–Crippen LogP) is 4.17. The van der Waals surface area contributed by atoms with Gasteiger partial charge in [-0.2, -0.15) is 4.98 Å². The number of hydrogen-bond acceptors (Lipinski definition) is 9. The Morgan fingerprint density at radius 1 is 1.02 bits per heavy atom. The van der Waals surface area contributed by atoms with E-state index in [-0.39, 0.29) is 0 Å². The lowest BCUT2D eigenvalue weighted by Crippen LogP contribution is -2.42. The van der Waals surface area contributed by atoms with E-state index in [1.54, 1.807) is 39.6 Å². The minimum atomic E-state index is -3.45. The van der Waals surface area contributed by atoms with Gasteiger partial charge in [-0.05, 0) is 68.9 Å². The predicted molar refractivity (Wildman–Crippen MR) is 168 cm³/mol. The molecule has 224 valence electrons. The summed E-state index contributed by atoms with van der Waals surface area (Å²) in [6.07, 6.45) is 7.11. The van der Waals surface area contributed by atoms with Gasteiger partial charge in [0.15, 0.2) is 0 Å². The number of piperidine rings is 1. The van der Waals surface area contributed by atoms with Crippen molar-refractivity contribution in [3.8, 4) is 11.5 Å². The zero-order chi connectivity index (χ0) is 30.0. The van der Waals surface area contributed by atoms with E-state index in [0.717, 1.165) is 59.7 Å². The van der Waals surface area contributed by atoms with Crippen LogP contribution in [0.25, 0.3) is 11.0 Å². The number of nitrogens with one attached hydrogen (secondary N) is 1. The zero-order valence-corrected chi connectivity index (χ0v) is 25.9. The Hall–Kier alpha value is -4.03. The third-order valence-corrected chi connectivity index (χ3v) is 9.13. The van der Waals surface area contributed by atoms with Crippen molar-refractivity contribution in [3.05, 3.63) is 60.4 Å². The van der Waals surface area contributed by atoms with Crippen LogP contribution in [0.3, 0.4) is 0 Å². The van der Waals surface area contributed by atoms with E-state index in [9.17, 15) is 8.42 Å². The van der Waals surface area contributed by atoms with Crippen LogP contribution in [0.5, 0.6) is 11.5 Å². The van der Waals surface area contributed by atoms with Crippen LogP contribution in [0.1, 0.15) is 18.4 Å². The van der Waals surface area contributed by atoms with Gasteiger partial charge >= 0.3 is 0 Å². The number of sulfonamides is 1. The van der Waals surface area contributed by atoms with E-state index >= 15 is 0 Å². The second-order valence-corrected chi connectivity index (χ2v) is 12.8. The van der Waals surface area contributed by atoms with Crippen molar-refractivity contribution in [3.63, 3.8) is 0 Å². The van der Waals surface area contributed by atoms with Crippen molar-refractivity contribution in [1.29, 1.82) is 0 Å². The van der Waals surface area contributed by atoms with E-state index in [0.29, 0.717) is 30.0 Å². The molecule has 1 N–H and O–H groups in total. The van der Waals surface area contributed by atoms with Crippen LogP contribution >= 0.6 is 0 Å². The number of anilines is 4. The van der Waals surface area contributed by atoms with Crippen LogP contribution in [-0.4, -0.2) is 88.6 Å². The molecule has 2 aromatic carbocycles. The summed E-state index contributed by atoms with van der Waals surface area (Å²) in [6.45, 7) is 2.36. The highest BCUT2D eigenvalue weighted by atomic mass is 32.2. The fraction of sp³-hybridized carbons (Fsp3) is 0.400. The lowest BCUT2D eigenvalue weighted by atomic mass is 10.0. The SMILES string of the molecule is COc1ccc(N(C)S(C)(=O)=O)c(Cn2ccc3cnc(Nc4ccc(N5CCC(N(C)C)CC5)c(OC)c4)nc32)c1. The summed E-state index contributed by atoms with van der Waals surface area (Å²) < 4.78 is 39.1. The summed E-state index contributed by atoms with van der Waals surface area (Å²) in [4.78, 5) is 14.0.